The number of carbonyl (C=O) groups is 1. The highest BCUT2D eigenvalue weighted by molar-refractivity contribution is 7.62. The summed E-state index contributed by atoms with van der Waals surface area (Å²) in [6, 6.07) is 0. The smallest absolute Gasteiger partial charge is 0.341 e. The van der Waals surface area contributed by atoms with Gasteiger partial charge >= 0.3 is 7.60 Å². The van der Waals surface area contributed by atoms with E-state index in [0.717, 1.165) is 11.3 Å². The SMILES string of the molecule is CC(=O)c1sc(NCC(P=O)P(=O)(O)O)nc1C. The van der Waals surface area contributed by atoms with Crippen molar-refractivity contribution in [2.24, 2.45) is 0 Å². The minimum absolute atomic E-state index is 0.119. The Labute approximate surface area is 109 Å². The lowest BCUT2D eigenvalue weighted by atomic mass is 10.3. The lowest BCUT2D eigenvalue weighted by Gasteiger charge is -2.11. The van der Waals surface area contributed by atoms with Gasteiger partial charge in [-0.2, -0.15) is 0 Å². The van der Waals surface area contributed by atoms with E-state index in [9.17, 15) is 13.9 Å². The quantitative estimate of drug-likeness (QED) is 0.542. The van der Waals surface area contributed by atoms with Crippen molar-refractivity contribution in [3.05, 3.63) is 10.6 Å². The Morgan fingerprint density at radius 2 is 2.22 bits per heavy atom. The second-order valence-corrected chi connectivity index (χ2v) is 7.59. The minimum Gasteiger partial charge on any atom is -0.360 e. The van der Waals surface area contributed by atoms with E-state index < -0.39 is 21.5 Å². The molecule has 0 amide bonds. The maximum Gasteiger partial charge on any atom is 0.341 e. The second-order valence-electron chi connectivity index (χ2n) is 3.55. The van der Waals surface area contributed by atoms with Crippen LogP contribution in [0.2, 0.25) is 0 Å². The number of aromatic nitrogens is 1. The van der Waals surface area contributed by atoms with E-state index in [0.29, 0.717) is 15.7 Å². The van der Waals surface area contributed by atoms with Crippen LogP contribution in [0.4, 0.5) is 5.13 Å². The van der Waals surface area contributed by atoms with Crippen molar-refractivity contribution in [1.82, 2.24) is 4.98 Å². The molecule has 1 unspecified atom stereocenters. The highest BCUT2D eigenvalue weighted by Gasteiger charge is 2.29. The van der Waals surface area contributed by atoms with Gasteiger partial charge in [0.2, 0.25) is 0 Å². The van der Waals surface area contributed by atoms with Gasteiger partial charge in [0, 0.05) is 13.5 Å². The van der Waals surface area contributed by atoms with Crippen LogP contribution >= 0.6 is 27.4 Å². The van der Waals surface area contributed by atoms with Crippen LogP contribution in [-0.4, -0.2) is 32.5 Å². The van der Waals surface area contributed by atoms with E-state index in [1.54, 1.807) is 6.92 Å². The number of rotatable bonds is 6. The zero-order chi connectivity index (χ0) is 13.9. The van der Waals surface area contributed by atoms with Gasteiger partial charge in [-0.25, -0.2) is 4.98 Å². The summed E-state index contributed by atoms with van der Waals surface area (Å²) in [6.45, 7) is 2.91. The highest BCUT2D eigenvalue weighted by Crippen LogP contribution is 2.46. The number of nitrogens with one attached hydrogen (secondary N) is 1. The normalized spacial score (nSPS) is 13.6. The van der Waals surface area contributed by atoms with Crippen LogP contribution in [0, 0.1) is 6.92 Å². The average Bonchev–Trinajstić information content (AvgIpc) is 2.58. The number of thiazole rings is 1. The summed E-state index contributed by atoms with van der Waals surface area (Å²) in [7, 11) is -5.05. The lowest BCUT2D eigenvalue weighted by Crippen LogP contribution is -2.14. The molecule has 7 nitrogen and oxygen atoms in total. The molecule has 0 bridgehead atoms. The van der Waals surface area contributed by atoms with Gasteiger partial charge in [0.25, 0.3) is 0 Å². The molecule has 1 aromatic heterocycles. The van der Waals surface area contributed by atoms with Gasteiger partial charge < -0.3 is 15.1 Å². The molecule has 0 spiro atoms. The van der Waals surface area contributed by atoms with Crippen molar-refractivity contribution in [2.45, 2.75) is 19.2 Å². The van der Waals surface area contributed by atoms with E-state index in [4.69, 9.17) is 9.79 Å². The molecule has 1 atom stereocenters. The van der Waals surface area contributed by atoms with E-state index >= 15 is 0 Å². The largest absolute Gasteiger partial charge is 0.360 e. The molecule has 0 aliphatic rings. The molecule has 1 heterocycles. The van der Waals surface area contributed by atoms with Crippen molar-refractivity contribution in [3.63, 3.8) is 0 Å². The molecule has 18 heavy (non-hydrogen) atoms. The molecule has 0 saturated heterocycles. The Morgan fingerprint density at radius 1 is 1.61 bits per heavy atom. The molecule has 1 aromatic rings. The van der Waals surface area contributed by atoms with Crippen LogP contribution in [0.3, 0.4) is 0 Å². The van der Waals surface area contributed by atoms with Gasteiger partial charge in [-0.1, -0.05) is 11.3 Å². The summed E-state index contributed by atoms with van der Waals surface area (Å²) in [5, 5.41) is 1.73. The van der Waals surface area contributed by atoms with Crippen LogP contribution in [0.15, 0.2) is 0 Å². The topological polar surface area (TPSA) is 117 Å². The minimum atomic E-state index is -4.41. The Morgan fingerprint density at radius 3 is 2.61 bits per heavy atom. The predicted octanol–water partition coefficient (Wildman–Crippen LogP) is 1.86. The van der Waals surface area contributed by atoms with Gasteiger partial charge in [0.05, 0.1) is 10.6 Å². The van der Waals surface area contributed by atoms with Crippen molar-refractivity contribution in [1.29, 1.82) is 0 Å². The first-order valence-corrected chi connectivity index (χ1v) is 8.23. The highest BCUT2D eigenvalue weighted by atomic mass is 32.1. The Kier molecular flexibility index (Phi) is 5.13. The first-order chi connectivity index (χ1) is 8.25. The first-order valence-electron chi connectivity index (χ1n) is 4.85. The Hall–Kier alpha value is -0.650. The van der Waals surface area contributed by atoms with Crippen molar-refractivity contribution < 1.29 is 23.7 Å². The summed E-state index contributed by atoms with van der Waals surface area (Å²) in [6.07, 6.45) is 0. The Bertz CT molecular complexity index is 512. The fourth-order valence-corrected chi connectivity index (χ4v) is 3.05. The van der Waals surface area contributed by atoms with Gasteiger partial charge in [0.1, 0.15) is 0 Å². The van der Waals surface area contributed by atoms with Gasteiger partial charge in [-0.3, -0.25) is 13.9 Å². The number of hydrogen-bond donors (Lipinski definition) is 3. The van der Waals surface area contributed by atoms with Crippen molar-refractivity contribution in [2.75, 3.05) is 11.9 Å². The fraction of sp³-hybridized carbons (Fsp3) is 0.500. The van der Waals surface area contributed by atoms with Crippen LogP contribution in [-0.2, 0) is 9.13 Å². The van der Waals surface area contributed by atoms with E-state index in [1.165, 1.54) is 6.92 Å². The number of hydrogen-bond acceptors (Lipinski definition) is 6. The summed E-state index contributed by atoms with van der Waals surface area (Å²) in [5.41, 5.74) is 0.558. The van der Waals surface area contributed by atoms with Crippen LogP contribution in [0.5, 0.6) is 0 Å². The molecule has 3 N–H and O–H groups in total. The van der Waals surface area contributed by atoms with E-state index in [-0.39, 0.29) is 12.3 Å². The van der Waals surface area contributed by atoms with Gasteiger partial charge in [0.15, 0.2) is 24.8 Å². The number of carbonyl (C=O) groups excluding carboxylic acids is 1. The third-order valence-corrected chi connectivity index (χ3v) is 5.85. The molecule has 1 rings (SSSR count). The average molecular weight is 310 g/mol. The number of nitrogens with zero attached hydrogens (tertiary/aromatic N) is 1. The monoisotopic (exact) mass is 310 g/mol. The van der Waals surface area contributed by atoms with Gasteiger partial charge in [-0.05, 0) is 6.92 Å². The van der Waals surface area contributed by atoms with Crippen LogP contribution in [0.1, 0.15) is 22.3 Å². The molecule has 0 aliphatic heterocycles. The molecule has 10 heteroatoms. The van der Waals surface area contributed by atoms with Crippen LogP contribution < -0.4 is 5.32 Å². The first kappa shape index (κ1) is 15.4. The number of ketones is 1. The number of anilines is 1. The fourth-order valence-electron chi connectivity index (χ4n) is 1.19. The molecule has 0 aliphatic carbocycles. The lowest BCUT2D eigenvalue weighted by molar-refractivity contribution is 0.102. The standard InChI is InChI=1S/C8H12N2O5P2S/c1-4-7(5(2)11)18-8(10-4)9-3-6(16-12)17(13,14)15/h6H,3H2,1-2H3,(H,9,10)(H2,13,14,15). The summed E-state index contributed by atoms with van der Waals surface area (Å²) < 4.78 is 21.6. The molecule has 0 saturated carbocycles. The van der Waals surface area contributed by atoms with E-state index in [2.05, 4.69) is 10.3 Å². The molecular weight excluding hydrogens is 298 g/mol. The third-order valence-electron chi connectivity index (χ3n) is 2.06. The molecule has 0 aromatic carbocycles. The van der Waals surface area contributed by atoms with Crippen molar-refractivity contribution >= 4 is 38.3 Å². The molecule has 0 radical (unpaired) electrons. The molecular formula is C8H12N2O5P2S. The maximum absolute atomic E-state index is 11.2. The zero-order valence-electron chi connectivity index (χ0n) is 9.65. The summed E-state index contributed by atoms with van der Waals surface area (Å²) in [4.78, 5) is 33.5. The maximum atomic E-state index is 11.2. The number of Topliss-reactive ketones (excluding diaryl/α,β-unsaturated/α-hetero) is 1. The summed E-state index contributed by atoms with van der Waals surface area (Å²) >= 11 is 1.10. The second kappa shape index (κ2) is 5.99. The van der Waals surface area contributed by atoms with Crippen molar-refractivity contribution in [3.8, 4) is 0 Å². The Balaban J connectivity index is 2.75. The zero-order valence-corrected chi connectivity index (χ0v) is 12.3. The third kappa shape index (κ3) is 3.93. The summed E-state index contributed by atoms with van der Waals surface area (Å²) in [5.74, 6) is -0.119. The van der Waals surface area contributed by atoms with Crippen LogP contribution in [0.25, 0.3) is 0 Å². The van der Waals surface area contributed by atoms with Gasteiger partial charge in [-0.15, -0.1) is 0 Å². The predicted molar refractivity (Wildman–Crippen MR) is 68.8 cm³/mol. The van der Waals surface area contributed by atoms with E-state index in [1.807, 2.05) is 0 Å². The molecule has 0 fully saturated rings. The molecule has 100 valence electrons. The number of aryl methyl sites for hydroxylation is 1.